The lowest BCUT2D eigenvalue weighted by Gasteiger charge is -2.56. The van der Waals surface area contributed by atoms with Crippen molar-refractivity contribution in [2.45, 2.75) is 109 Å². The van der Waals surface area contributed by atoms with Crippen LogP contribution in [0.3, 0.4) is 0 Å². The van der Waals surface area contributed by atoms with Gasteiger partial charge in [-0.15, -0.1) is 0 Å². The van der Waals surface area contributed by atoms with Crippen LogP contribution in [0.15, 0.2) is 11.4 Å². The number of ether oxygens (including phenoxy) is 2. The predicted octanol–water partition coefficient (Wildman–Crippen LogP) is 5.01. The Labute approximate surface area is 197 Å². The van der Waals surface area contributed by atoms with E-state index in [4.69, 9.17) is 9.47 Å². The normalized spacial score (nSPS) is 36.3. The summed E-state index contributed by atoms with van der Waals surface area (Å²) in [5.41, 5.74) is -0.285. The van der Waals surface area contributed by atoms with Crippen molar-refractivity contribution >= 4 is 12.1 Å². The number of carbonyl (C=O) groups excluding carboxylic acids is 1. The molecule has 5 aliphatic carbocycles. The first kappa shape index (κ1) is 23.0. The average Bonchev–Trinajstić information content (AvgIpc) is 3.11. The third-order valence-electron chi connectivity index (χ3n) is 8.52. The SMILES string of the molecule is CC(C)(C)OC(=O)N1C(C(=O)O)=C(COC23CC4CC(CC(C4)C2)C3)NC1C1CCCCC1. The van der Waals surface area contributed by atoms with Crippen LogP contribution in [-0.4, -0.2) is 46.0 Å². The van der Waals surface area contributed by atoms with Crippen molar-refractivity contribution in [3.8, 4) is 0 Å². The molecule has 1 amide bonds. The Hall–Kier alpha value is -1.76. The maximum absolute atomic E-state index is 13.2. The second-order valence-electron chi connectivity index (χ2n) is 12.4. The number of nitrogens with one attached hydrogen (secondary N) is 1. The summed E-state index contributed by atoms with van der Waals surface area (Å²) in [5.74, 6) is 1.38. The first-order chi connectivity index (χ1) is 15.6. The van der Waals surface area contributed by atoms with Crippen molar-refractivity contribution in [2.24, 2.45) is 23.7 Å². The molecule has 0 aromatic carbocycles. The molecule has 0 radical (unpaired) electrons. The van der Waals surface area contributed by atoms with Crippen molar-refractivity contribution in [1.29, 1.82) is 0 Å². The van der Waals surface area contributed by atoms with Gasteiger partial charge in [-0.25, -0.2) is 14.5 Å². The zero-order valence-corrected chi connectivity index (χ0v) is 20.4. The molecular weight excluding hydrogens is 420 g/mol. The van der Waals surface area contributed by atoms with Gasteiger partial charge in [0.2, 0.25) is 0 Å². The van der Waals surface area contributed by atoms with Gasteiger partial charge in [0.05, 0.1) is 17.9 Å². The van der Waals surface area contributed by atoms with E-state index in [0.29, 0.717) is 5.70 Å². The number of hydrogen-bond donors (Lipinski definition) is 2. The zero-order valence-electron chi connectivity index (χ0n) is 20.4. The molecule has 5 fully saturated rings. The Morgan fingerprint density at radius 3 is 2.12 bits per heavy atom. The van der Waals surface area contributed by atoms with Gasteiger partial charge in [-0.3, -0.25) is 0 Å². The van der Waals surface area contributed by atoms with E-state index in [-0.39, 0.29) is 30.0 Å². The van der Waals surface area contributed by atoms with Gasteiger partial charge in [0.1, 0.15) is 11.8 Å². The molecule has 6 rings (SSSR count). The summed E-state index contributed by atoms with van der Waals surface area (Å²) in [6, 6.07) is 0. The highest BCUT2D eigenvalue weighted by Gasteiger charge is 2.52. The van der Waals surface area contributed by atoms with Crippen LogP contribution in [0.4, 0.5) is 4.79 Å². The number of carboxylic acid groups (broad SMARTS) is 1. The third kappa shape index (κ3) is 4.62. The highest BCUT2D eigenvalue weighted by atomic mass is 16.6. The lowest BCUT2D eigenvalue weighted by Crippen LogP contribution is -2.52. The molecule has 0 aromatic rings. The molecule has 1 heterocycles. The van der Waals surface area contributed by atoms with E-state index < -0.39 is 17.7 Å². The Morgan fingerprint density at radius 2 is 1.61 bits per heavy atom. The van der Waals surface area contributed by atoms with Crippen LogP contribution in [0.5, 0.6) is 0 Å². The fourth-order valence-corrected chi connectivity index (χ4v) is 7.67. The Morgan fingerprint density at radius 1 is 1.03 bits per heavy atom. The lowest BCUT2D eigenvalue weighted by atomic mass is 9.54. The summed E-state index contributed by atoms with van der Waals surface area (Å²) >= 11 is 0. The second kappa shape index (κ2) is 8.47. The van der Waals surface area contributed by atoms with E-state index in [1.165, 1.54) is 30.6 Å². The lowest BCUT2D eigenvalue weighted by molar-refractivity contribution is -0.157. The summed E-state index contributed by atoms with van der Waals surface area (Å²) in [5, 5.41) is 13.6. The molecular formula is C26H40N2O5. The van der Waals surface area contributed by atoms with Crippen LogP contribution in [0.25, 0.3) is 0 Å². The van der Waals surface area contributed by atoms with Crippen LogP contribution in [0.1, 0.15) is 91.4 Å². The Balaban J connectivity index is 1.39. The molecule has 33 heavy (non-hydrogen) atoms. The van der Waals surface area contributed by atoms with Gasteiger partial charge in [-0.05, 0) is 95.8 Å². The first-order valence-electron chi connectivity index (χ1n) is 13.0. The van der Waals surface area contributed by atoms with Crippen LogP contribution in [0, 0.1) is 23.7 Å². The second-order valence-corrected chi connectivity index (χ2v) is 12.4. The number of hydrogen-bond acceptors (Lipinski definition) is 5. The van der Waals surface area contributed by atoms with Gasteiger partial charge >= 0.3 is 12.1 Å². The fraction of sp³-hybridized carbons (Fsp3) is 0.846. The monoisotopic (exact) mass is 460 g/mol. The predicted molar refractivity (Wildman–Crippen MR) is 123 cm³/mol. The number of nitrogens with zero attached hydrogens (tertiary/aromatic N) is 1. The van der Waals surface area contributed by atoms with Gasteiger partial charge in [0.15, 0.2) is 5.70 Å². The van der Waals surface area contributed by atoms with E-state index in [2.05, 4.69) is 5.32 Å². The van der Waals surface area contributed by atoms with Crippen molar-refractivity contribution < 1.29 is 24.2 Å². The maximum Gasteiger partial charge on any atom is 0.416 e. The van der Waals surface area contributed by atoms with Crippen LogP contribution >= 0.6 is 0 Å². The number of rotatable bonds is 5. The van der Waals surface area contributed by atoms with Gasteiger partial charge < -0.3 is 19.9 Å². The zero-order chi connectivity index (χ0) is 23.4. The molecule has 6 aliphatic rings. The highest BCUT2D eigenvalue weighted by Crippen LogP contribution is 2.57. The summed E-state index contributed by atoms with van der Waals surface area (Å²) in [6.07, 6.45) is 11.7. The van der Waals surface area contributed by atoms with Crippen molar-refractivity contribution in [3.63, 3.8) is 0 Å². The van der Waals surface area contributed by atoms with Gasteiger partial charge in [-0.2, -0.15) is 0 Å². The summed E-state index contributed by atoms with van der Waals surface area (Å²) in [7, 11) is 0. The van der Waals surface area contributed by atoms with Crippen LogP contribution < -0.4 is 5.32 Å². The van der Waals surface area contributed by atoms with Crippen molar-refractivity contribution in [2.75, 3.05) is 6.61 Å². The van der Waals surface area contributed by atoms with E-state index in [0.717, 1.165) is 62.7 Å². The van der Waals surface area contributed by atoms with E-state index in [9.17, 15) is 14.7 Å². The number of aliphatic carboxylic acids is 1. The first-order valence-corrected chi connectivity index (χ1v) is 13.0. The Bertz CT molecular complexity index is 788. The molecule has 2 N–H and O–H groups in total. The maximum atomic E-state index is 13.2. The van der Waals surface area contributed by atoms with Crippen LogP contribution in [-0.2, 0) is 14.3 Å². The molecule has 1 atom stereocenters. The highest BCUT2D eigenvalue weighted by molar-refractivity contribution is 5.92. The number of carbonyl (C=O) groups is 2. The van der Waals surface area contributed by atoms with Crippen molar-refractivity contribution in [1.82, 2.24) is 10.2 Å². The quantitative estimate of drug-likeness (QED) is 0.599. The minimum Gasteiger partial charge on any atom is -0.477 e. The summed E-state index contributed by atoms with van der Waals surface area (Å²) < 4.78 is 12.3. The number of amides is 1. The van der Waals surface area contributed by atoms with Gasteiger partial charge in [0.25, 0.3) is 0 Å². The molecule has 1 unspecified atom stereocenters. The molecule has 0 spiro atoms. The summed E-state index contributed by atoms with van der Waals surface area (Å²) in [4.78, 5) is 27.0. The average molecular weight is 461 g/mol. The molecule has 1 aliphatic heterocycles. The minimum atomic E-state index is -1.10. The molecule has 7 heteroatoms. The van der Waals surface area contributed by atoms with E-state index in [1.54, 1.807) is 0 Å². The minimum absolute atomic E-state index is 0.00421. The van der Waals surface area contributed by atoms with Crippen molar-refractivity contribution in [3.05, 3.63) is 11.4 Å². The third-order valence-corrected chi connectivity index (χ3v) is 8.52. The summed E-state index contributed by atoms with van der Waals surface area (Å²) in [6.45, 7) is 5.65. The molecule has 184 valence electrons. The fourth-order valence-electron chi connectivity index (χ4n) is 7.67. The Kier molecular flexibility index (Phi) is 5.91. The van der Waals surface area contributed by atoms with Crippen LogP contribution in [0.2, 0.25) is 0 Å². The van der Waals surface area contributed by atoms with E-state index in [1.807, 2.05) is 20.8 Å². The molecule has 5 saturated carbocycles. The number of carboxylic acids is 1. The topological polar surface area (TPSA) is 88.1 Å². The van der Waals surface area contributed by atoms with E-state index >= 15 is 0 Å². The molecule has 0 saturated heterocycles. The standard InChI is InChI=1S/C26H40N2O5/c1-25(2,3)33-24(31)28-21(23(29)30)20(27-22(28)19-7-5-4-6-8-19)15-32-26-12-16-9-17(13-26)11-18(10-16)14-26/h16-19,22,27H,4-15H2,1-3H3,(H,29,30). The van der Waals surface area contributed by atoms with Gasteiger partial charge in [0, 0.05) is 0 Å². The largest absolute Gasteiger partial charge is 0.477 e. The molecule has 4 bridgehead atoms. The molecule has 0 aromatic heterocycles. The molecule has 7 nitrogen and oxygen atoms in total. The van der Waals surface area contributed by atoms with Gasteiger partial charge in [-0.1, -0.05) is 19.3 Å². The smallest absolute Gasteiger partial charge is 0.416 e.